The zero-order valence-electron chi connectivity index (χ0n) is 9.43. The van der Waals surface area contributed by atoms with Crippen LogP contribution in [0.3, 0.4) is 0 Å². The lowest BCUT2D eigenvalue weighted by molar-refractivity contribution is 0.0334. The summed E-state index contributed by atoms with van der Waals surface area (Å²) in [6.07, 6.45) is 0. The number of rotatable bonds is 4. The number of morpholine rings is 1. The molecule has 0 spiro atoms. The van der Waals surface area contributed by atoms with E-state index in [0.29, 0.717) is 0 Å². The molecule has 0 aliphatic carbocycles. The molecule has 88 valence electrons. The number of hydrogen-bond acceptors (Lipinski definition) is 4. The van der Waals surface area contributed by atoms with E-state index < -0.39 is 0 Å². The minimum atomic E-state index is 0.194. The maximum atomic E-state index is 5.61. The molecule has 3 N–H and O–H groups in total. The van der Waals surface area contributed by atoms with E-state index in [1.165, 1.54) is 5.56 Å². The van der Waals surface area contributed by atoms with Gasteiger partial charge in [-0.15, -0.1) is 0 Å². The number of hydrogen-bond donors (Lipinski definition) is 2. The normalized spacial score (nSPS) is 19.6. The zero-order chi connectivity index (χ0) is 11.2. The van der Waals surface area contributed by atoms with Crippen LogP contribution in [0.5, 0.6) is 0 Å². The Morgan fingerprint density at radius 2 is 1.94 bits per heavy atom. The van der Waals surface area contributed by atoms with Crippen LogP contribution in [-0.4, -0.2) is 37.7 Å². The third kappa shape index (κ3) is 3.02. The summed E-state index contributed by atoms with van der Waals surface area (Å²) in [5.41, 5.74) is 4.12. The van der Waals surface area contributed by atoms with E-state index in [9.17, 15) is 0 Å². The topological polar surface area (TPSA) is 50.5 Å². The molecule has 1 aromatic rings. The Kier molecular flexibility index (Phi) is 4.30. The maximum absolute atomic E-state index is 5.61. The van der Waals surface area contributed by atoms with E-state index in [1.807, 2.05) is 18.2 Å². The fourth-order valence-electron chi connectivity index (χ4n) is 1.98. The van der Waals surface area contributed by atoms with Crippen LogP contribution >= 0.6 is 0 Å². The number of nitrogens with zero attached hydrogens (tertiary/aromatic N) is 1. The van der Waals surface area contributed by atoms with E-state index in [1.54, 1.807) is 0 Å². The Morgan fingerprint density at radius 3 is 2.56 bits per heavy atom. The van der Waals surface area contributed by atoms with Gasteiger partial charge in [-0.1, -0.05) is 30.3 Å². The van der Waals surface area contributed by atoms with Crippen molar-refractivity contribution in [1.29, 1.82) is 0 Å². The fraction of sp³-hybridized carbons (Fsp3) is 0.500. The van der Waals surface area contributed by atoms with Crippen molar-refractivity contribution in [3.8, 4) is 0 Å². The van der Waals surface area contributed by atoms with Gasteiger partial charge in [0.15, 0.2) is 0 Å². The van der Waals surface area contributed by atoms with Crippen molar-refractivity contribution in [3.05, 3.63) is 35.9 Å². The molecule has 0 aromatic heterocycles. The molecule has 1 aliphatic rings. The van der Waals surface area contributed by atoms with E-state index in [0.717, 1.165) is 32.8 Å². The summed E-state index contributed by atoms with van der Waals surface area (Å²) in [4.78, 5) is 2.38. The summed E-state index contributed by atoms with van der Waals surface area (Å²) in [5.74, 6) is 5.61. The van der Waals surface area contributed by atoms with Crippen LogP contribution in [0.1, 0.15) is 11.6 Å². The van der Waals surface area contributed by atoms with Crippen molar-refractivity contribution in [3.63, 3.8) is 0 Å². The Bertz CT molecular complexity index is 298. The number of nitrogens with one attached hydrogen (secondary N) is 1. The highest BCUT2D eigenvalue weighted by Gasteiger charge is 2.16. The Labute approximate surface area is 96.3 Å². The first kappa shape index (κ1) is 11.5. The standard InChI is InChI=1S/C12H19N3O/c13-14-12(11-4-2-1-3-5-11)10-15-6-8-16-9-7-15/h1-5,12,14H,6-10,13H2/t12-/m1/s1. The van der Waals surface area contributed by atoms with Crippen LogP contribution in [0.15, 0.2) is 30.3 Å². The lowest BCUT2D eigenvalue weighted by atomic mass is 10.1. The summed E-state index contributed by atoms with van der Waals surface area (Å²) in [7, 11) is 0. The molecule has 4 nitrogen and oxygen atoms in total. The fourth-order valence-corrected chi connectivity index (χ4v) is 1.98. The molecular weight excluding hydrogens is 202 g/mol. The van der Waals surface area contributed by atoms with Gasteiger partial charge in [-0.25, -0.2) is 0 Å². The Hall–Kier alpha value is -0.940. The molecule has 1 fully saturated rings. The van der Waals surface area contributed by atoms with Gasteiger partial charge in [-0.05, 0) is 5.56 Å². The second-order valence-electron chi connectivity index (χ2n) is 4.04. The second-order valence-corrected chi connectivity index (χ2v) is 4.04. The molecule has 0 bridgehead atoms. The predicted octanol–water partition coefficient (Wildman–Crippen LogP) is 0.523. The molecule has 1 aromatic carbocycles. The minimum Gasteiger partial charge on any atom is -0.379 e. The van der Waals surface area contributed by atoms with Crippen LogP contribution in [0, 0.1) is 0 Å². The molecule has 1 saturated heterocycles. The number of benzene rings is 1. The minimum absolute atomic E-state index is 0.194. The molecule has 0 saturated carbocycles. The lowest BCUT2D eigenvalue weighted by Gasteiger charge is -2.30. The Balaban J connectivity index is 1.94. The van der Waals surface area contributed by atoms with Crippen molar-refractivity contribution in [2.45, 2.75) is 6.04 Å². The first-order chi connectivity index (χ1) is 7.90. The van der Waals surface area contributed by atoms with Crippen LogP contribution in [-0.2, 0) is 4.74 Å². The smallest absolute Gasteiger partial charge is 0.0594 e. The van der Waals surface area contributed by atoms with E-state index in [-0.39, 0.29) is 6.04 Å². The lowest BCUT2D eigenvalue weighted by Crippen LogP contribution is -2.43. The van der Waals surface area contributed by atoms with Crippen molar-refractivity contribution >= 4 is 0 Å². The quantitative estimate of drug-likeness (QED) is 0.575. The van der Waals surface area contributed by atoms with Gasteiger partial charge in [0.25, 0.3) is 0 Å². The van der Waals surface area contributed by atoms with Crippen LogP contribution < -0.4 is 11.3 Å². The molecule has 2 rings (SSSR count). The molecule has 1 heterocycles. The predicted molar refractivity (Wildman–Crippen MR) is 63.8 cm³/mol. The SMILES string of the molecule is NN[C@H](CN1CCOCC1)c1ccccc1. The van der Waals surface area contributed by atoms with E-state index in [4.69, 9.17) is 10.6 Å². The number of hydrazine groups is 1. The van der Waals surface area contributed by atoms with Crippen molar-refractivity contribution < 1.29 is 4.74 Å². The van der Waals surface area contributed by atoms with E-state index in [2.05, 4.69) is 22.5 Å². The van der Waals surface area contributed by atoms with Crippen LogP contribution in [0.4, 0.5) is 0 Å². The highest BCUT2D eigenvalue weighted by Crippen LogP contribution is 2.13. The molecule has 1 aliphatic heterocycles. The van der Waals surface area contributed by atoms with Crippen molar-refractivity contribution in [1.82, 2.24) is 10.3 Å². The monoisotopic (exact) mass is 221 g/mol. The maximum Gasteiger partial charge on any atom is 0.0594 e. The van der Waals surface area contributed by atoms with Gasteiger partial charge in [0.2, 0.25) is 0 Å². The number of ether oxygens (including phenoxy) is 1. The first-order valence-electron chi connectivity index (χ1n) is 5.71. The highest BCUT2D eigenvalue weighted by atomic mass is 16.5. The summed E-state index contributed by atoms with van der Waals surface area (Å²) in [6.45, 7) is 4.57. The van der Waals surface area contributed by atoms with Gasteiger partial charge in [-0.2, -0.15) is 0 Å². The molecule has 0 radical (unpaired) electrons. The average molecular weight is 221 g/mol. The average Bonchev–Trinajstić information content (AvgIpc) is 2.38. The van der Waals surface area contributed by atoms with Gasteiger partial charge >= 0.3 is 0 Å². The molecule has 1 atom stereocenters. The van der Waals surface area contributed by atoms with Gasteiger partial charge in [0.1, 0.15) is 0 Å². The van der Waals surface area contributed by atoms with Gasteiger partial charge < -0.3 is 4.74 Å². The summed E-state index contributed by atoms with van der Waals surface area (Å²) in [6, 6.07) is 10.5. The molecular formula is C12H19N3O. The highest BCUT2D eigenvalue weighted by molar-refractivity contribution is 5.19. The zero-order valence-corrected chi connectivity index (χ0v) is 9.43. The molecule has 16 heavy (non-hydrogen) atoms. The summed E-state index contributed by atoms with van der Waals surface area (Å²) in [5, 5.41) is 0. The van der Waals surface area contributed by atoms with Gasteiger partial charge in [0.05, 0.1) is 19.3 Å². The Morgan fingerprint density at radius 1 is 1.25 bits per heavy atom. The summed E-state index contributed by atoms with van der Waals surface area (Å²) < 4.78 is 5.33. The molecule has 0 unspecified atom stereocenters. The first-order valence-corrected chi connectivity index (χ1v) is 5.71. The molecule has 0 amide bonds. The number of nitrogens with two attached hydrogens (primary N) is 1. The second kappa shape index (κ2) is 5.96. The van der Waals surface area contributed by atoms with Crippen molar-refractivity contribution in [2.24, 2.45) is 5.84 Å². The third-order valence-corrected chi connectivity index (χ3v) is 2.95. The van der Waals surface area contributed by atoms with Gasteiger partial charge in [-0.3, -0.25) is 16.2 Å². The summed E-state index contributed by atoms with van der Waals surface area (Å²) >= 11 is 0. The van der Waals surface area contributed by atoms with Crippen LogP contribution in [0.2, 0.25) is 0 Å². The molecule has 4 heteroatoms. The van der Waals surface area contributed by atoms with Gasteiger partial charge in [0, 0.05) is 19.6 Å². The largest absolute Gasteiger partial charge is 0.379 e. The van der Waals surface area contributed by atoms with E-state index >= 15 is 0 Å². The van der Waals surface area contributed by atoms with Crippen LogP contribution in [0.25, 0.3) is 0 Å². The van der Waals surface area contributed by atoms with Crippen molar-refractivity contribution in [2.75, 3.05) is 32.8 Å². The third-order valence-electron chi connectivity index (χ3n) is 2.95.